The van der Waals surface area contributed by atoms with Crippen molar-refractivity contribution in [2.24, 2.45) is 5.73 Å². The van der Waals surface area contributed by atoms with E-state index in [-0.39, 0.29) is 6.04 Å². The van der Waals surface area contributed by atoms with Crippen LogP contribution in [0.2, 0.25) is 0 Å². The third kappa shape index (κ3) is 3.10. The number of hydrogen-bond donors (Lipinski definition) is 1. The van der Waals surface area contributed by atoms with Crippen LogP contribution >= 0.6 is 0 Å². The molecule has 1 heterocycles. The van der Waals surface area contributed by atoms with E-state index in [2.05, 4.69) is 50.1 Å². The zero-order valence-corrected chi connectivity index (χ0v) is 11.6. The second-order valence-corrected chi connectivity index (χ2v) is 5.39. The summed E-state index contributed by atoms with van der Waals surface area (Å²) in [7, 11) is 2.14. The van der Waals surface area contributed by atoms with E-state index in [9.17, 15) is 0 Å². The van der Waals surface area contributed by atoms with Gasteiger partial charge in [-0.2, -0.15) is 0 Å². The average Bonchev–Trinajstić information content (AvgIpc) is 2.76. The second-order valence-electron chi connectivity index (χ2n) is 5.39. The summed E-state index contributed by atoms with van der Waals surface area (Å²) < 4.78 is 5.61. The monoisotopic (exact) mass is 248 g/mol. The number of nitrogens with zero attached hydrogens (tertiary/aromatic N) is 1. The van der Waals surface area contributed by atoms with Crippen LogP contribution in [0.15, 0.2) is 24.3 Å². The van der Waals surface area contributed by atoms with Crippen LogP contribution in [0, 0.1) is 6.92 Å². The molecule has 1 aliphatic heterocycles. The molecule has 0 bridgehead atoms. The molecule has 100 valence electrons. The minimum Gasteiger partial charge on any atom is -0.377 e. The van der Waals surface area contributed by atoms with Gasteiger partial charge < -0.3 is 10.5 Å². The SMILES string of the molecule is Cc1ccc(C(N)CN(C)C2CCOC2C)cc1. The van der Waals surface area contributed by atoms with E-state index in [1.807, 2.05) is 0 Å². The van der Waals surface area contributed by atoms with Crippen LogP contribution in [0.1, 0.15) is 30.5 Å². The first-order chi connectivity index (χ1) is 8.58. The Hall–Kier alpha value is -0.900. The first-order valence-electron chi connectivity index (χ1n) is 6.72. The summed E-state index contributed by atoms with van der Waals surface area (Å²) in [5, 5.41) is 0. The summed E-state index contributed by atoms with van der Waals surface area (Å²) in [6.07, 6.45) is 1.43. The van der Waals surface area contributed by atoms with Gasteiger partial charge in [-0.15, -0.1) is 0 Å². The van der Waals surface area contributed by atoms with Crippen molar-refractivity contribution in [2.45, 2.75) is 38.5 Å². The molecule has 18 heavy (non-hydrogen) atoms. The van der Waals surface area contributed by atoms with Crippen LogP contribution in [0.3, 0.4) is 0 Å². The first-order valence-corrected chi connectivity index (χ1v) is 6.72. The Bertz CT molecular complexity index is 377. The normalized spacial score (nSPS) is 25.6. The minimum atomic E-state index is 0.0726. The van der Waals surface area contributed by atoms with Crippen molar-refractivity contribution in [3.63, 3.8) is 0 Å². The molecule has 1 aromatic carbocycles. The molecule has 0 radical (unpaired) electrons. The van der Waals surface area contributed by atoms with E-state index < -0.39 is 0 Å². The van der Waals surface area contributed by atoms with Gasteiger partial charge in [0.15, 0.2) is 0 Å². The Labute approximate surface area is 110 Å². The molecular formula is C15H24N2O. The fraction of sp³-hybridized carbons (Fsp3) is 0.600. The Balaban J connectivity index is 1.94. The first kappa shape index (κ1) is 13.5. The number of benzene rings is 1. The predicted molar refractivity (Wildman–Crippen MR) is 74.6 cm³/mol. The quantitative estimate of drug-likeness (QED) is 0.887. The molecule has 1 aliphatic rings. The highest BCUT2D eigenvalue weighted by Crippen LogP contribution is 2.20. The van der Waals surface area contributed by atoms with E-state index in [4.69, 9.17) is 10.5 Å². The largest absolute Gasteiger partial charge is 0.377 e. The zero-order valence-electron chi connectivity index (χ0n) is 11.6. The van der Waals surface area contributed by atoms with Gasteiger partial charge in [0.1, 0.15) is 0 Å². The third-order valence-electron chi connectivity index (χ3n) is 3.89. The van der Waals surface area contributed by atoms with Gasteiger partial charge in [0, 0.05) is 25.2 Å². The van der Waals surface area contributed by atoms with E-state index in [1.54, 1.807) is 0 Å². The summed E-state index contributed by atoms with van der Waals surface area (Å²) >= 11 is 0. The maximum atomic E-state index is 6.28. The van der Waals surface area contributed by atoms with Crippen molar-refractivity contribution >= 4 is 0 Å². The molecule has 2 N–H and O–H groups in total. The summed E-state index contributed by atoms with van der Waals surface area (Å²) in [5.74, 6) is 0. The lowest BCUT2D eigenvalue weighted by molar-refractivity contribution is 0.0818. The molecule has 3 nitrogen and oxygen atoms in total. The van der Waals surface area contributed by atoms with Crippen LogP contribution in [-0.4, -0.2) is 37.2 Å². The van der Waals surface area contributed by atoms with Crippen molar-refractivity contribution in [3.05, 3.63) is 35.4 Å². The highest BCUT2D eigenvalue weighted by atomic mass is 16.5. The highest BCUT2D eigenvalue weighted by Gasteiger charge is 2.28. The smallest absolute Gasteiger partial charge is 0.0702 e. The molecular weight excluding hydrogens is 224 g/mol. The fourth-order valence-electron chi connectivity index (χ4n) is 2.66. The number of likely N-dealkylation sites (N-methyl/N-ethyl adjacent to an activating group) is 1. The lowest BCUT2D eigenvalue weighted by Crippen LogP contribution is -2.40. The van der Waals surface area contributed by atoms with Crippen LogP contribution < -0.4 is 5.73 Å². The van der Waals surface area contributed by atoms with E-state index in [0.29, 0.717) is 12.1 Å². The van der Waals surface area contributed by atoms with Crippen molar-refractivity contribution in [1.29, 1.82) is 0 Å². The molecule has 3 unspecified atom stereocenters. The maximum Gasteiger partial charge on any atom is 0.0702 e. The Morgan fingerprint density at radius 2 is 2.06 bits per heavy atom. The van der Waals surface area contributed by atoms with Gasteiger partial charge in [-0.1, -0.05) is 29.8 Å². The molecule has 0 spiro atoms. The maximum absolute atomic E-state index is 6.28. The Morgan fingerprint density at radius 3 is 2.61 bits per heavy atom. The summed E-state index contributed by atoms with van der Waals surface area (Å²) in [4.78, 5) is 2.34. The van der Waals surface area contributed by atoms with Gasteiger partial charge in [-0.25, -0.2) is 0 Å². The molecule has 2 rings (SSSR count). The second kappa shape index (κ2) is 5.83. The topological polar surface area (TPSA) is 38.5 Å². The van der Waals surface area contributed by atoms with E-state index in [1.165, 1.54) is 11.1 Å². The number of aryl methyl sites for hydroxylation is 1. The van der Waals surface area contributed by atoms with Crippen molar-refractivity contribution in [1.82, 2.24) is 4.90 Å². The molecule has 0 aliphatic carbocycles. The van der Waals surface area contributed by atoms with Crippen molar-refractivity contribution in [3.8, 4) is 0 Å². The number of ether oxygens (including phenoxy) is 1. The van der Waals surface area contributed by atoms with Crippen LogP contribution in [-0.2, 0) is 4.74 Å². The summed E-state index contributed by atoms with van der Waals surface area (Å²) in [6.45, 7) is 5.99. The zero-order chi connectivity index (χ0) is 13.1. The number of nitrogens with two attached hydrogens (primary N) is 1. The fourth-order valence-corrected chi connectivity index (χ4v) is 2.66. The highest BCUT2D eigenvalue weighted by molar-refractivity contribution is 5.24. The van der Waals surface area contributed by atoms with E-state index >= 15 is 0 Å². The van der Waals surface area contributed by atoms with Gasteiger partial charge in [0.2, 0.25) is 0 Å². The van der Waals surface area contributed by atoms with Crippen LogP contribution in [0.25, 0.3) is 0 Å². The molecule has 3 atom stereocenters. The van der Waals surface area contributed by atoms with Crippen molar-refractivity contribution < 1.29 is 4.74 Å². The molecule has 0 amide bonds. The van der Waals surface area contributed by atoms with Gasteiger partial charge in [-0.3, -0.25) is 4.90 Å². The van der Waals surface area contributed by atoms with Gasteiger partial charge >= 0.3 is 0 Å². The molecule has 0 saturated carbocycles. The number of rotatable bonds is 4. The summed E-state index contributed by atoms with van der Waals surface area (Å²) in [5.41, 5.74) is 8.76. The van der Waals surface area contributed by atoms with E-state index in [0.717, 1.165) is 19.6 Å². The average molecular weight is 248 g/mol. The number of hydrogen-bond acceptors (Lipinski definition) is 3. The molecule has 3 heteroatoms. The predicted octanol–water partition coefficient (Wildman–Crippen LogP) is 2.10. The minimum absolute atomic E-state index is 0.0726. The standard InChI is InChI=1S/C15H24N2O/c1-11-4-6-13(7-5-11)14(16)10-17(3)15-8-9-18-12(15)2/h4-7,12,14-15H,8-10,16H2,1-3H3. The van der Waals surface area contributed by atoms with Gasteiger partial charge in [-0.05, 0) is 32.9 Å². The molecule has 1 aromatic rings. The Kier molecular flexibility index (Phi) is 4.38. The molecule has 1 saturated heterocycles. The van der Waals surface area contributed by atoms with Crippen molar-refractivity contribution in [2.75, 3.05) is 20.2 Å². The summed E-state index contributed by atoms with van der Waals surface area (Å²) in [6, 6.07) is 9.07. The lowest BCUT2D eigenvalue weighted by Gasteiger charge is -2.29. The van der Waals surface area contributed by atoms with Gasteiger partial charge in [0.05, 0.1) is 6.10 Å². The van der Waals surface area contributed by atoms with Gasteiger partial charge in [0.25, 0.3) is 0 Å². The lowest BCUT2D eigenvalue weighted by atomic mass is 10.0. The third-order valence-corrected chi connectivity index (χ3v) is 3.89. The van der Waals surface area contributed by atoms with Crippen LogP contribution in [0.4, 0.5) is 0 Å². The molecule has 0 aromatic heterocycles. The molecule has 1 fully saturated rings. The Morgan fingerprint density at radius 1 is 1.39 bits per heavy atom. The van der Waals surface area contributed by atoms with Crippen LogP contribution in [0.5, 0.6) is 0 Å².